The van der Waals surface area contributed by atoms with E-state index in [1.165, 1.54) is 22.3 Å². The summed E-state index contributed by atoms with van der Waals surface area (Å²) < 4.78 is 12.8. The van der Waals surface area contributed by atoms with E-state index >= 15 is 0 Å². The molecule has 1 N–H and O–H groups in total. The summed E-state index contributed by atoms with van der Waals surface area (Å²) in [5.41, 5.74) is 7.11. The number of allylic oxidation sites excluding steroid dienone is 2. The van der Waals surface area contributed by atoms with Crippen molar-refractivity contribution in [2.24, 2.45) is 5.92 Å². The second-order valence-corrected chi connectivity index (χ2v) is 10.2. The third kappa shape index (κ3) is 4.15. The Balaban J connectivity index is 1.47. The van der Waals surface area contributed by atoms with Crippen LogP contribution in [-0.2, 0) is 6.61 Å². The number of aryl methyl sites for hydroxylation is 2. The van der Waals surface area contributed by atoms with Gasteiger partial charge < -0.3 is 14.8 Å². The van der Waals surface area contributed by atoms with Crippen LogP contribution in [0.15, 0.2) is 65.2 Å². The molecule has 0 saturated heterocycles. The average molecular weight is 525 g/mol. The third-order valence-electron chi connectivity index (χ3n) is 6.79. The minimum Gasteiger partial charge on any atom is -0.493 e. The molecule has 3 atom stereocenters. The van der Waals surface area contributed by atoms with Crippen LogP contribution in [0.3, 0.4) is 0 Å². The van der Waals surface area contributed by atoms with Gasteiger partial charge in [0.25, 0.3) is 0 Å². The first-order valence-electron chi connectivity index (χ1n) is 11.2. The highest BCUT2D eigenvalue weighted by atomic mass is 79.9. The Morgan fingerprint density at radius 2 is 1.88 bits per heavy atom. The van der Waals surface area contributed by atoms with Crippen LogP contribution in [0.1, 0.15) is 46.2 Å². The van der Waals surface area contributed by atoms with E-state index in [-0.39, 0.29) is 6.04 Å². The molecule has 0 spiro atoms. The summed E-state index contributed by atoms with van der Waals surface area (Å²) in [5, 5.41) is 4.65. The number of halogens is 2. The lowest BCUT2D eigenvalue weighted by Crippen LogP contribution is -2.30. The molecule has 1 aliphatic carbocycles. The fourth-order valence-electron chi connectivity index (χ4n) is 5.04. The fourth-order valence-corrected chi connectivity index (χ4v) is 5.90. The van der Waals surface area contributed by atoms with Crippen molar-refractivity contribution >= 4 is 33.2 Å². The summed E-state index contributed by atoms with van der Waals surface area (Å²) in [4.78, 5) is 0. The number of anilines is 1. The Hall–Kier alpha value is -2.43. The molecule has 1 heterocycles. The maximum atomic E-state index is 6.64. The summed E-state index contributed by atoms with van der Waals surface area (Å²) in [6.45, 7) is 4.70. The highest BCUT2D eigenvalue weighted by Gasteiger charge is 2.40. The van der Waals surface area contributed by atoms with Crippen molar-refractivity contribution in [1.82, 2.24) is 0 Å². The molecule has 170 valence electrons. The van der Waals surface area contributed by atoms with Gasteiger partial charge in [-0.2, -0.15) is 0 Å². The molecule has 0 saturated carbocycles. The average Bonchev–Trinajstić information content (AvgIpc) is 3.30. The van der Waals surface area contributed by atoms with Gasteiger partial charge >= 0.3 is 0 Å². The summed E-state index contributed by atoms with van der Waals surface area (Å²) in [7, 11) is 1.69. The van der Waals surface area contributed by atoms with Gasteiger partial charge in [-0.1, -0.05) is 59.6 Å². The summed E-state index contributed by atoms with van der Waals surface area (Å²) >= 11 is 10.4. The summed E-state index contributed by atoms with van der Waals surface area (Å²) in [5.74, 6) is 2.15. The molecule has 33 heavy (non-hydrogen) atoms. The molecule has 5 rings (SSSR count). The molecule has 1 aliphatic heterocycles. The van der Waals surface area contributed by atoms with E-state index < -0.39 is 0 Å². The lowest BCUT2D eigenvalue weighted by atomic mass is 9.76. The molecule has 0 unspecified atom stereocenters. The molecule has 0 amide bonds. The van der Waals surface area contributed by atoms with Crippen LogP contribution in [0.25, 0.3) is 0 Å². The number of ether oxygens (including phenoxy) is 2. The van der Waals surface area contributed by atoms with Gasteiger partial charge in [0.1, 0.15) is 6.61 Å². The first kappa shape index (κ1) is 22.4. The van der Waals surface area contributed by atoms with Crippen molar-refractivity contribution in [2.75, 3.05) is 12.4 Å². The highest BCUT2D eigenvalue weighted by Crippen LogP contribution is 2.53. The smallest absolute Gasteiger partial charge is 0.175 e. The van der Waals surface area contributed by atoms with Crippen LogP contribution < -0.4 is 14.8 Å². The third-order valence-corrected chi connectivity index (χ3v) is 7.71. The first-order valence-corrected chi connectivity index (χ1v) is 12.4. The van der Waals surface area contributed by atoms with E-state index in [4.69, 9.17) is 21.1 Å². The second-order valence-electron chi connectivity index (χ2n) is 8.94. The van der Waals surface area contributed by atoms with Gasteiger partial charge in [-0.15, -0.1) is 0 Å². The Kier molecular flexibility index (Phi) is 6.15. The zero-order valence-corrected chi connectivity index (χ0v) is 21.3. The lowest BCUT2D eigenvalue weighted by Gasteiger charge is -2.39. The fraction of sp³-hybridized carbons (Fsp3) is 0.286. The Labute approximate surface area is 208 Å². The topological polar surface area (TPSA) is 30.5 Å². The number of benzene rings is 3. The van der Waals surface area contributed by atoms with Crippen LogP contribution in [0, 0.1) is 19.8 Å². The number of hydrogen-bond acceptors (Lipinski definition) is 3. The quantitative estimate of drug-likeness (QED) is 0.342. The molecule has 0 bridgehead atoms. The van der Waals surface area contributed by atoms with Crippen LogP contribution in [0.4, 0.5) is 5.69 Å². The molecule has 3 aromatic rings. The number of rotatable bonds is 5. The number of methoxy groups -OCH3 is 1. The first-order chi connectivity index (χ1) is 16.0. The molecule has 0 fully saturated rings. The Bertz CT molecular complexity index is 1220. The normalized spacial score (nSPS) is 20.7. The number of hydrogen-bond donors (Lipinski definition) is 1. The van der Waals surface area contributed by atoms with Crippen molar-refractivity contribution in [2.45, 2.75) is 38.8 Å². The van der Waals surface area contributed by atoms with E-state index in [2.05, 4.69) is 89.7 Å². The Morgan fingerprint density at radius 1 is 1.09 bits per heavy atom. The summed E-state index contributed by atoms with van der Waals surface area (Å²) in [6, 6.07) is 16.9. The lowest BCUT2D eigenvalue weighted by molar-refractivity contribution is 0.282. The van der Waals surface area contributed by atoms with Gasteiger partial charge in [0.2, 0.25) is 0 Å². The van der Waals surface area contributed by atoms with E-state index in [1.807, 2.05) is 6.07 Å². The molecule has 0 radical (unpaired) electrons. The maximum Gasteiger partial charge on any atom is 0.175 e. The van der Waals surface area contributed by atoms with Crippen molar-refractivity contribution < 1.29 is 9.47 Å². The Morgan fingerprint density at radius 3 is 2.64 bits per heavy atom. The van der Waals surface area contributed by atoms with Crippen LogP contribution >= 0.6 is 27.5 Å². The molecular weight excluding hydrogens is 498 g/mol. The maximum absolute atomic E-state index is 6.64. The highest BCUT2D eigenvalue weighted by molar-refractivity contribution is 9.10. The van der Waals surface area contributed by atoms with Gasteiger partial charge in [0.15, 0.2) is 11.5 Å². The van der Waals surface area contributed by atoms with Gasteiger partial charge in [-0.05, 0) is 77.0 Å². The molecule has 0 aromatic heterocycles. The minimum absolute atomic E-state index is 0.144. The SMILES string of the molecule is COc1cc([C@@H]2Nc3c(C)ccc(Cl)c3[C@@H]3C=CC[C@@H]32)cc(Br)c1OCc1ccc(C)cc1. The van der Waals surface area contributed by atoms with E-state index in [9.17, 15) is 0 Å². The van der Waals surface area contributed by atoms with Crippen molar-refractivity contribution in [3.05, 3.63) is 98.0 Å². The zero-order chi connectivity index (χ0) is 23.1. The monoisotopic (exact) mass is 523 g/mol. The molecule has 3 aromatic carbocycles. The predicted molar refractivity (Wildman–Crippen MR) is 139 cm³/mol. The standard InChI is InChI=1S/C28H27BrClNO2/c1-16-7-10-18(11-8-16)15-33-28-22(29)13-19(14-24(28)32-3)27-21-6-4-5-20(21)25-23(30)12-9-17(2)26(25)31-27/h4-5,7-14,20-21,27,31H,6,15H2,1-3H3/t20-,21+,27+/m1/s1. The van der Waals surface area contributed by atoms with Crippen molar-refractivity contribution in [1.29, 1.82) is 0 Å². The zero-order valence-electron chi connectivity index (χ0n) is 19.0. The summed E-state index contributed by atoms with van der Waals surface area (Å²) in [6.07, 6.45) is 5.61. The van der Waals surface area contributed by atoms with Crippen LogP contribution in [-0.4, -0.2) is 7.11 Å². The van der Waals surface area contributed by atoms with Crippen molar-refractivity contribution in [3.63, 3.8) is 0 Å². The van der Waals surface area contributed by atoms with Gasteiger partial charge in [0, 0.05) is 22.2 Å². The largest absolute Gasteiger partial charge is 0.493 e. The molecule has 5 heteroatoms. The van der Waals surface area contributed by atoms with E-state index in [1.54, 1.807) is 7.11 Å². The van der Waals surface area contributed by atoms with Crippen molar-refractivity contribution in [3.8, 4) is 11.5 Å². The second kappa shape index (κ2) is 9.08. The van der Waals surface area contributed by atoms with Gasteiger partial charge in [0.05, 0.1) is 17.6 Å². The van der Waals surface area contributed by atoms with E-state index in [0.717, 1.165) is 38.7 Å². The van der Waals surface area contributed by atoms with Gasteiger partial charge in [-0.3, -0.25) is 0 Å². The number of nitrogens with one attached hydrogen (secondary N) is 1. The van der Waals surface area contributed by atoms with Crippen LogP contribution in [0.5, 0.6) is 11.5 Å². The predicted octanol–water partition coefficient (Wildman–Crippen LogP) is 8.13. The van der Waals surface area contributed by atoms with Gasteiger partial charge in [-0.25, -0.2) is 0 Å². The minimum atomic E-state index is 0.144. The number of fused-ring (bicyclic) bond motifs is 3. The molecule has 2 aliphatic rings. The van der Waals surface area contributed by atoms with E-state index in [0.29, 0.717) is 18.4 Å². The molecule has 3 nitrogen and oxygen atoms in total. The van der Waals surface area contributed by atoms with Crippen LogP contribution in [0.2, 0.25) is 5.02 Å². The molecular formula is C28H27BrClNO2.